The SMILES string of the molecule is CCc1cnc[nH]1.NC(N)=NCCCN(Cc1ccc(Br)cc1)c1cnccn1. The molecule has 3 aromatic rings. The van der Waals surface area contributed by atoms with Gasteiger partial charge >= 0.3 is 0 Å². The van der Waals surface area contributed by atoms with Crippen molar-refractivity contribution in [3.05, 3.63) is 71.1 Å². The second-order valence-electron chi connectivity index (χ2n) is 6.20. The van der Waals surface area contributed by atoms with Gasteiger partial charge in [0.25, 0.3) is 0 Å². The maximum atomic E-state index is 5.35. The van der Waals surface area contributed by atoms with Crippen molar-refractivity contribution in [3.63, 3.8) is 0 Å². The molecule has 8 nitrogen and oxygen atoms in total. The van der Waals surface area contributed by atoms with Crippen LogP contribution < -0.4 is 16.4 Å². The fraction of sp³-hybridized carbons (Fsp3) is 0.300. The van der Waals surface area contributed by atoms with Crippen LogP contribution in [0.4, 0.5) is 5.82 Å². The molecule has 0 aliphatic heterocycles. The van der Waals surface area contributed by atoms with E-state index in [9.17, 15) is 0 Å². The fourth-order valence-corrected chi connectivity index (χ4v) is 2.75. The van der Waals surface area contributed by atoms with Crippen molar-refractivity contribution in [3.8, 4) is 0 Å². The van der Waals surface area contributed by atoms with Gasteiger partial charge in [0.1, 0.15) is 5.82 Å². The Morgan fingerprint density at radius 2 is 1.93 bits per heavy atom. The number of aromatic amines is 1. The molecule has 2 heterocycles. The Labute approximate surface area is 179 Å². The van der Waals surface area contributed by atoms with E-state index in [1.807, 2.05) is 18.3 Å². The monoisotopic (exact) mass is 458 g/mol. The number of imidazole rings is 1. The first kappa shape index (κ1) is 22.4. The third-order valence-corrected chi connectivity index (χ3v) is 4.51. The van der Waals surface area contributed by atoms with E-state index in [4.69, 9.17) is 11.5 Å². The standard InChI is InChI=1S/C15H19BrN6.C5H8N2/c16-13-4-2-12(3-5-13)11-22(9-1-6-21-15(17)18)14-10-19-7-8-20-14;1-2-5-3-6-4-7-5/h2-5,7-8,10H,1,6,9,11H2,(H4,17,18,21);3-4H,2H2,1H3,(H,6,7). The number of anilines is 1. The summed E-state index contributed by atoms with van der Waals surface area (Å²) in [6.07, 6.45) is 10.5. The lowest BCUT2D eigenvalue weighted by molar-refractivity contribution is 0.724. The summed E-state index contributed by atoms with van der Waals surface area (Å²) >= 11 is 3.45. The van der Waals surface area contributed by atoms with Gasteiger partial charge in [-0.1, -0.05) is 35.0 Å². The molecule has 0 aliphatic carbocycles. The molecule has 0 amide bonds. The molecule has 0 spiro atoms. The third kappa shape index (κ3) is 8.73. The van der Waals surface area contributed by atoms with E-state index in [1.54, 1.807) is 24.9 Å². The van der Waals surface area contributed by atoms with Gasteiger partial charge in [-0.15, -0.1) is 0 Å². The van der Waals surface area contributed by atoms with Crippen molar-refractivity contribution in [2.45, 2.75) is 26.3 Å². The number of aliphatic imine (C=N–C) groups is 1. The Balaban J connectivity index is 0.000000360. The van der Waals surface area contributed by atoms with E-state index < -0.39 is 0 Å². The molecular weight excluding hydrogens is 432 g/mol. The predicted octanol–water partition coefficient (Wildman–Crippen LogP) is 2.88. The third-order valence-electron chi connectivity index (χ3n) is 3.98. The maximum absolute atomic E-state index is 5.35. The Morgan fingerprint density at radius 3 is 2.48 bits per heavy atom. The Hall–Kier alpha value is -2.94. The van der Waals surface area contributed by atoms with Crippen LogP contribution in [0.1, 0.15) is 24.6 Å². The average Bonchev–Trinajstić information content (AvgIpc) is 3.27. The smallest absolute Gasteiger partial charge is 0.185 e. The van der Waals surface area contributed by atoms with Gasteiger partial charge in [-0.25, -0.2) is 9.97 Å². The first-order valence-corrected chi connectivity index (χ1v) is 10.2. The number of nitrogens with zero attached hydrogens (tertiary/aromatic N) is 5. The Morgan fingerprint density at radius 1 is 1.14 bits per heavy atom. The summed E-state index contributed by atoms with van der Waals surface area (Å²) in [5.74, 6) is 0.967. The Kier molecular flexibility index (Phi) is 9.64. The molecular formula is C20H27BrN8. The van der Waals surface area contributed by atoms with Crippen LogP contribution in [0.3, 0.4) is 0 Å². The lowest BCUT2D eigenvalue weighted by Gasteiger charge is -2.23. The van der Waals surface area contributed by atoms with Gasteiger partial charge in [0.05, 0.1) is 12.5 Å². The second kappa shape index (κ2) is 12.5. The maximum Gasteiger partial charge on any atom is 0.185 e. The van der Waals surface area contributed by atoms with Gasteiger partial charge in [0.2, 0.25) is 0 Å². The predicted molar refractivity (Wildman–Crippen MR) is 120 cm³/mol. The summed E-state index contributed by atoms with van der Waals surface area (Å²) in [4.78, 5) is 21.5. The molecule has 0 bridgehead atoms. The van der Waals surface area contributed by atoms with Crippen LogP contribution in [-0.4, -0.2) is 39.0 Å². The van der Waals surface area contributed by atoms with Crippen molar-refractivity contribution in [2.24, 2.45) is 16.5 Å². The summed E-state index contributed by atoms with van der Waals surface area (Å²) in [6, 6.07) is 8.24. The first-order chi connectivity index (χ1) is 14.1. The summed E-state index contributed by atoms with van der Waals surface area (Å²) in [5.41, 5.74) is 13.1. The van der Waals surface area contributed by atoms with Crippen LogP contribution in [0.2, 0.25) is 0 Å². The highest BCUT2D eigenvalue weighted by Crippen LogP contribution is 2.16. The number of rotatable bonds is 8. The number of H-pyrrole nitrogens is 1. The lowest BCUT2D eigenvalue weighted by atomic mass is 10.2. The molecule has 0 saturated carbocycles. The largest absolute Gasteiger partial charge is 0.370 e. The van der Waals surface area contributed by atoms with Crippen molar-refractivity contribution in [2.75, 3.05) is 18.0 Å². The van der Waals surface area contributed by atoms with Crippen LogP contribution in [-0.2, 0) is 13.0 Å². The number of nitrogens with one attached hydrogen (secondary N) is 1. The summed E-state index contributed by atoms with van der Waals surface area (Å²) in [5, 5.41) is 0. The number of hydrogen-bond acceptors (Lipinski definition) is 5. The topological polar surface area (TPSA) is 122 Å². The summed E-state index contributed by atoms with van der Waals surface area (Å²) in [7, 11) is 0. The van der Waals surface area contributed by atoms with Crippen LogP contribution in [0.25, 0.3) is 0 Å². The van der Waals surface area contributed by atoms with Crippen molar-refractivity contribution < 1.29 is 0 Å². The molecule has 0 aliphatic rings. The molecule has 5 N–H and O–H groups in total. The molecule has 0 radical (unpaired) electrons. The highest BCUT2D eigenvalue weighted by Gasteiger charge is 2.08. The molecule has 0 fully saturated rings. The zero-order chi connectivity index (χ0) is 20.9. The van der Waals surface area contributed by atoms with E-state index in [2.05, 4.69) is 64.8 Å². The minimum absolute atomic E-state index is 0.124. The minimum Gasteiger partial charge on any atom is -0.370 e. The lowest BCUT2D eigenvalue weighted by Crippen LogP contribution is -2.26. The van der Waals surface area contributed by atoms with Crippen molar-refractivity contribution in [1.29, 1.82) is 0 Å². The van der Waals surface area contributed by atoms with Gasteiger partial charge in [-0.2, -0.15) is 0 Å². The molecule has 29 heavy (non-hydrogen) atoms. The van der Waals surface area contributed by atoms with Crippen LogP contribution in [0, 0.1) is 0 Å². The van der Waals surface area contributed by atoms with Crippen LogP contribution >= 0.6 is 15.9 Å². The molecule has 1 aromatic carbocycles. The second-order valence-corrected chi connectivity index (χ2v) is 7.12. The van der Waals surface area contributed by atoms with E-state index >= 15 is 0 Å². The number of halogens is 1. The van der Waals surface area contributed by atoms with Gasteiger partial charge < -0.3 is 21.4 Å². The van der Waals surface area contributed by atoms with Crippen molar-refractivity contribution >= 4 is 27.7 Å². The van der Waals surface area contributed by atoms with Gasteiger partial charge in [0, 0.05) is 48.4 Å². The highest BCUT2D eigenvalue weighted by molar-refractivity contribution is 9.10. The number of benzene rings is 1. The normalized spacial score (nSPS) is 10.0. The molecule has 154 valence electrons. The minimum atomic E-state index is 0.124. The summed E-state index contributed by atoms with van der Waals surface area (Å²) in [6.45, 7) is 4.24. The number of nitrogens with two attached hydrogens (primary N) is 2. The number of hydrogen-bond donors (Lipinski definition) is 3. The first-order valence-electron chi connectivity index (χ1n) is 9.36. The Bertz CT molecular complexity index is 831. The van der Waals surface area contributed by atoms with Gasteiger partial charge in [-0.05, 0) is 30.5 Å². The molecule has 0 atom stereocenters. The van der Waals surface area contributed by atoms with E-state index in [-0.39, 0.29) is 5.96 Å². The van der Waals surface area contributed by atoms with Crippen LogP contribution in [0.5, 0.6) is 0 Å². The van der Waals surface area contributed by atoms with Crippen molar-refractivity contribution in [1.82, 2.24) is 19.9 Å². The highest BCUT2D eigenvalue weighted by atomic mass is 79.9. The molecule has 9 heteroatoms. The van der Waals surface area contributed by atoms with E-state index in [0.29, 0.717) is 6.54 Å². The van der Waals surface area contributed by atoms with Gasteiger partial charge in [0.15, 0.2) is 5.96 Å². The molecule has 2 aromatic heterocycles. The van der Waals surface area contributed by atoms with Gasteiger partial charge in [-0.3, -0.25) is 9.98 Å². The summed E-state index contributed by atoms with van der Waals surface area (Å²) < 4.78 is 1.06. The zero-order valence-electron chi connectivity index (χ0n) is 16.5. The van der Waals surface area contributed by atoms with E-state index in [0.717, 1.165) is 36.2 Å². The molecule has 3 rings (SSSR count). The molecule has 0 unspecified atom stereocenters. The average molecular weight is 459 g/mol. The zero-order valence-corrected chi connectivity index (χ0v) is 18.1. The number of guanidine groups is 1. The number of aryl methyl sites for hydroxylation is 1. The number of aromatic nitrogens is 4. The van der Waals surface area contributed by atoms with E-state index in [1.165, 1.54) is 11.3 Å². The fourth-order valence-electron chi connectivity index (χ4n) is 2.49. The van der Waals surface area contributed by atoms with Crippen LogP contribution in [0.15, 0.2) is 64.8 Å². The quantitative estimate of drug-likeness (QED) is 0.271. The molecule has 0 saturated heterocycles.